The summed E-state index contributed by atoms with van der Waals surface area (Å²) in [4.78, 5) is 23.9. The normalized spacial score (nSPS) is 14.4. The maximum absolute atomic E-state index is 14.3. The van der Waals surface area contributed by atoms with Crippen LogP contribution in [0, 0.1) is 5.82 Å². The van der Waals surface area contributed by atoms with Gasteiger partial charge in [-0.3, -0.25) is 14.7 Å². The van der Waals surface area contributed by atoms with Gasteiger partial charge in [0.2, 0.25) is 5.91 Å². The number of amides is 3. The Morgan fingerprint density at radius 1 is 1.10 bits per heavy atom. The van der Waals surface area contributed by atoms with E-state index in [0.29, 0.717) is 22.1 Å². The number of nitrogens with one attached hydrogen (secondary N) is 1. The van der Waals surface area contributed by atoms with Gasteiger partial charge in [-0.15, -0.1) is 10.2 Å². The van der Waals surface area contributed by atoms with Gasteiger partial charge in [-0.2, -0.15) is 0 Å². The fourth-order valence-electron chi connectivity index (χ4n) is 3.04. The predicted octanol–water partition coefficient (Wildman–Crippen LogP) is 3.45. The maximum Gasteiger partial charge on any atom is 0.318 e. The van der Waals surface area contributed by atoms with E-state index >= 15 is 0 Å². The molecule has 1 aliphatic rings. The SMILES string of the molecule is NC(=O)NC(=O)[C@@H](Sc1nnc(-c2ccccc2F)n1C1CC1)c1ccccc1. The molecule has 0 saturated heterocycles. The highest BCUT2D eigenvalue weighted by atomic mass is 32.2. The minimum absolute atomic E-state index is 0.151. The molecule has 1 fully saturated rings. The van der Waals surface area contributed by atoms with E-state index in [1.165, 1.54) is 6.07 Å². The van der Waals surface area contributed by atoms with Crippen LogP contribution in [0.4, 0.5) is 9.18 Å². The highest BCUT2D eigenvalue weighted by Gasteiger charge is 2.33. The third kappa shape index (κ3) is 4.14. The number of nitrogens with zero attached hydrogens (tertiary/aromatic N) is 3. The van der Waals surface area contributed by atoms with Crippen LogP contribution in [0.25, 0.3) is 11.4 Å². The smallest absolute Gasteiger partial charge is 0.318 e. The molecule has 29 heavy (non-hydrogen) atoms. The highest BCUT2D eigenvalue weighted by molar-refractivity contribution is 8.00. The number of aromatic nitrogens is 3. The van der Waals surface area contributed by atoms with Gasteiger partial charge in [0.1, 0.15) is 11.1 Å². The molecule has 4 rings (SSSR count). The quantitative estimate of drug-likeness (QED) is 0.605. The number of urea groups is 1. The van der Waals surface area contributed by atoms with E-state index in [4.69, 9.17) is 5.73 Å². The van der Waals surface area contributed by atoms with E-state index in [9.17, 15) is 14.0 Å². The number of rotatable bonds is 6. The molecule has 0 bridgehead atoms. The van der Waals surface area contributed by atoms with Crippen molar-refractivity contribution in [2.75, 3.05) is 0 Å². The Morgan fingerprint density at radius 3 is 2.45 bits per heavy atom. The average Bonchev–Trinajstić information content (AvgIpc) is 3.46. The van der Waals surface area contributed by atoms with Gasteiger partial charge in [0.15, 0.2) is 11.0 Å². The van der Waals surface area contributed by atoms with E-state index in [1.807, 2.05) is 10.6 Å². The summed E-state index contributed by atoms with van der Waals surface area (Å²) in [6.07, 6.45) is 1.85. The van der Waals surface area contributed by atoms with Gasteiger partial charge >= 0.3 is 6.03 Å². The van der Waals surface area contributed by atoms with Gasteiger partial charge < -0.3 is 5.73 Å². The van der Waals surface area contributed by atoms with Gasteiger partial charge in [-0.05, 0) is 30.5 Å². The highest BCUT2D eigenvalue weighted by Crippen LogP contribution is 2.44. The van der Waals surface area contributed by atoms with Crippen LogP contribution in [-0.4, -0.2) is 26.7 Å². The lowest BCUT2D eigenvalue weighted by Gasteiger charge is -2.16. The molecule has 3 N–H and O–H groups in total. The number of primary amides is 1. The molecule has 7 nitrogen and oxygen atoms in total. The Kier molecular flexibility index (Phi) is 5.30. The molecule has 1 aliphatic carbocycles. The van der Waals surface area contributed by atoms with Gasteiger partial charge in [0, 0.05) is 6.04 Å². The number of halogens is 1. The molecule has 3 aromatic rings. The first-order valence-electron chi connectivity index (χ1n) is 9.06. The van der Waals surface area contributed by atoms with Crippen LogP contribution >= 0.6 is 11.8 Å². The minimum atomic E-state index is -0.924. The Morgan fingerprint density at radius 2 is 1.79 bits per heavy atom. The van der Waals surface area contributed by atoms with Crippen molar-refractivity contribution in [1.82, 2.24) is 20.1 Å². The number of hydrogen-bond acceptors (Lipinski definition) is 5. The van der Waals surface area contributed by atoms with Crippen LogP contribution in [-0.2, 0) is 4.79 Å². The molecule has 0 radical (unpaired) electrons. The first-order chi connectivity index (χ1) is 14.0. The molecule has 1 atom stereocenters. The lowest BCUT2D eigenvalue weighted by molar-refractivity contribution is -0.119. The van der Waals surface area contributed by atoms with Crippen LogP contribution in [0.15, 0.2) is 59.8 Å². The monoisotopic (exact) mass is 411 g/mol. The maximum atomic E-state index is 14.3. The Balaban J connectivity index is 1.72. The number of benzene rings is 2. The molecule has 0 spiro atoms. The molecule has 2 aromatic carbocycles. The molecule has 0 unspecified atom stereocenters. The number of carbonyl (C=O) groups is 2. The van der Waals surface area contributed by atoms with E-state index in [1.54, 1.807) is 42.5 Å². The van der Waals surface area contributed by atoms with Crippen LogP contribution < -0.4 is 11.1 Å². The number of carbonyl (C=O) groups excluding carboxylic acids is 2. The standard InChI is InChI=1S/C20H18FN5O2S/c21-15-9-5-4-8-14(15)17-24-25-20(26(17)13-10-11-13)29-16(18(27)23-19(22)28)12-6-2-1-3-7-12/h1-9,13,16H,10-11H2,(H3,22,23,27,28)/t16-/m0/s1. The summed E-state index contributed by atoms with van der Waals surface area (Å²) >= 11 is 1.16. The van der Waals surface area contributed by atoms with Crippen molar-refractivity contribution >= 4 is 23.7 Å². The zero-order chi connectivity index (χ0) is 20.4. The van der Waals surface area contributed by atoms with E-state index in [-0.39, 0.29) is 11.9 Å². The second-order valence-electron chi connectivity index (χ2n) is 6.65. The van der Waals surface area contributed by atoms with Crippen molar-refractivity contribution in [3.05, 3.63) is 66.0 Å². The first kappa shape index (κ1) is 19.1. The lowest BCUT2D eigenvalue weighted by atomic mass is 10.1. The summed E-state index contributed by atoms with van der Waals surface area (Å²) < 4.78 is 16.2. The lowest BCUT2D eigenvalue weighted by Crippen LogP contribution is -2.37. The largest absolute Gasteiger partial charge is 0.351 e. The van der Waals surface area contributed by atoms with E-state index < -0.39 is 17.2 Å². The molecule has 1 saturated carbocycles. The van der Waals surface area contributed by atoms with Crippen LogP contribution in [0.2, 0.25) is 0 Å². The Labute approximate surface area is 170 Å². The molecule has 3 amide bonds. The van der Waals surface area contributed by atoms with Crippen LogP contribution in [0.3, 0.4) is 0 Å². The molecular formula is C20H18FN5O2S. The van der Waals surface area contributed by atoms with Gasteiger partial charge in [0.05, 0.1) is 5.56 Å². The van der Waals surface area contributed by atoms with Gasteiger partial charge in [-0.25, -0.2) is 9.18 Å². The summed E-state index contributed by atoms with van der Waals surface area (Å²) in [6.45, 7) is 0. The van der Waals surface area contributed by atoms with Crippen molar-refractivity contribution in [2.24, 2.45) is 5.73 Å². The molecular weight excluding hydrogens is 393 g/mol. The van der Waals surface area contributed by atoms with Crippen LogP contribution in [0.5, 0.6) is 0 Å². The summed E-state index contributed by atoms with van der Waals surface area (Å²) in [7, 11) is 0. The average molecular weight is 411 g/mol. The van der Waals surface area contributed by atoms with Crippen molar-refractivity contribution in [3.63, 3.8) is 0 Å². The summed E-state index contributed by atoms with van der Waals surface area (Å²) in [5, 5.41) is 10.3. The zero-order valence-corrected chi connectivity index (χ0v) is 16.1. The van der Waals surface area contributed by atoms with Crippen molar-refractivity contribution in [1.29, 1.82) is 0 Å². The van der Waals surface area contributed by atoms with Crippen molar-refractivity contribution in [3.8, 4) is 11.4 Å². The van der Waals surface area contributed by atoms with Gasteiger partial charge in [0.25, 0.3) is 0 Å². The van der Waals surface area contributed by atoms with Crippen molar-refractivity contribution < 1.29 is 14.0 Å². The Bertz CT molecular complexity index is 1050. The summed E-state index contributed by atoms with van der Waals surface area (Å²) in [6, 6.07) is 14.6. The molecule has 148 valence electrons. The second kappa shape index (κ2) is 8.04. The van der Waals surface area contributed by atoms with Crippen LogP contribution in [0.1, 0.15) is 29.7 Å². The van der Waals surface area contributed by atoms with Gasteiger partial charge in [-0.1, -0.05) is 54.2 Å². The second-order valence-corrected chi connectivity index (χ2v) is 7.72. The molecule has 1 heterocycles. The predicted molar refractivity (Wildman–Crippen MR) is 106 cm³/mol. The number of hydrogen-bond donors (Lipinski definition) is 2. The molecule has 0 aliphatic heterocycles. The van der Waals surface area contributed by atoms with Crippen molar-refractivity contribution in [2.45, 2.75) is 29.3 Å². The number of nitrogens with two attached hydrogens (primary N) is 1. The molecule has 9 heteroatoms. The van der Waals surface area contributed by atoms with E-state index in [0.717, 1.165) is 24.6 Å². The number of imide groups is 1. The molecule has 1 aromatic heterocycles. The minimum Gasteiger partial charge on any atom is -0.351 e. The Hall–Kier alpha value is -3.20. The third-order valence-corrected chi connectivity index (χ3v) is 5.71. The topological polar surface area (TPSA) is 103 Å². The summed E-state index contributed by atoms with van der Waals surface area (Å²) in [5.41, 5.74) is 6.18. The fraction of sp³-hybridized carbons (Fsp3) is 0.200. The summed E-state index contributed by atoms with van der Waals surface area (Å²) in [5.74, 6) is -0.508. The third-order valence-electron chi connectivity index (χ3n) is 4.50. The fourth-order valence-corrected chi connectivity index (χ4v) is 4.15. The first-order valence-corrected chi connectivity index (χ1v) is 9.94. The number of thioether (sulfide) groups is 1. The zero-order valence-electron chi connectivity index (χ0n) is 15.3. The van der Waals surface area contributed by atoms with E-state index in [2.05, 4.69) is 15.5 Å².